The molecule has 4 rings (SSSR count). The van der Waals surface area contributed by atoms with Gasteiger partial charge in [0.15, 0.2) is 0 Å². The molecular formula is C20H19FN4O3. The van der Waals surface area contributed by atoms with Gasteiger partial charge in [-0.05, 0) is 36.6 Å². The van der Waals surface area contributed by atoms with Gasteiger partial charge in [-0.1, -0.05) is 12.1 Å². The molecule has 0 aliphatic carbocycles. The van der Waals surface area contributed by atoms with E-state index in [0.29, 0.717) is 24.6 Å². The van der Waals surface area contributed by atoms with Gasteiger partial charge in [-0.3, -0.25) is 9.36 Å². The van der Waals surface area contributed by atoms with Crippen molar-refractivity contribution in [2.24, 2.45) is 0 Å². The molecule has 0 unspecified atom stereocenters. The van der Waals surface area contributed by atoms with E-state index in [1.807, 2.05) is 6.07 Å². The van der Waals surface area contributed by atoms with E-state index >= 15 is 0 Å². The van der Waals surface area contributed by atoms with Crippen molar-refractivity contribution in [3.63, 3.8) is 0 Å². The van der Waals surface area contributed by atoms with Gasteiger partial charge in [0.05, 0.1) is 6.20 Å². The number of carbonyl (C=O) groups is 1. The number of aromatic nitrogens is 3. The fourth-order valence-electron chi connectivity index (χ4n) is 3.47. The third kappa shape index (κ3) is 3.85. The van der Waals surface area contributed by atoms with Crippen LogP contribution in [0.15, 0.2) is 58.1 Å². The van der Waals surface area contributed by atoms with Crippen molar-refractivity contribution in [2.75, 3.05) is 6.54 Å². The fraction of sp³-hybridized carbons (Fsp3) is 0.300. The molecule has 0 radical (unpaired) electrons. The first-order valence-corrected chi connectivity index (χ1v) is 9.10. The lowest BCUT2D eigenvalue weighted by Gasteiger charge is -2.22. The first kappa shape index (κ1) is 18.1. The van der Waals surface area contributed by atoms with Crippen LogP contribution >= 0.6 is 0 Å². The van der Waals surface area contributed by atoms with Crippen LogP contribution in [-0.2, 0) is 17.8 Å². The van der Waals surface area contributed by atoms with E-state index in [9.17, 15) is 14.0 Å². The van der Waals surface area contributed by atoms with E-state index < -0.39 is 5.69 Å². The highest BCUT2D eigenvalue weighted by Gasteiger charge is 2.33. The molecule has 1 aromatic carbocycles. The van der Waals surface area contributed by atoms with Gasteiger partial charge >= 0.3 is 5.69 Å². The summed E-state index contributed by atoms with van der Waals surface area (Å²) in [5.74, 6) is 0.608. The van der Waals surface area contributed by atoms with Crippen LogP contribution in [-0.4, -0.2) is 31.9 Å². The monoisotopic (exact) mass is 382 g/mol. The Balaban J connectivity index is 1.48. The number of hydrogen-bond donors (Lipinski definition) is 0. The number of likely N-dealkylation sites (tertiary alicyclic amines) is 1. The average Bonchev–Trinajstić information content (AvgIpc) is 3.33. The van der Waals surface area contributed by atoms with Crippen LogP contribution in [0.3, 0.4) is 0 Å². The fourth-order valence-corrected chi connectivity index (χ4v) is 3.47. The summed E-state index contributed by atoms with van der Waals surface area (Å²) < 4.78 is 20.5. The van der Waals surface area contributed by atoms with Crippen molar-refractivity contribution in [3.8, 4) is 0 Å². The molecule has 8 heteroatoms. The van der Waals surface area contributed by atoms with Crippen molar-refractivity contribution in [1.29, 1.82) is 0 Å². The van der Waals surface area contributed by atoms with Gasteiger partial charge in [0.25, 0.3) is 0 Å². The molecule has 1 aliphatic rings. The molecular weight excluding hydrogens is 363 g/mol. The Hall–Kier alpha value is -3.29. The predicted molar refractivity (Wildman–Crippen MR) is 97.9 cm³/mol. The number of nitrogens with zero attached hydrogens (tertiary/aromatic N) is 4. The number of rotatable bonds is 5. The second kappa shape index (κ2) is 7.75. The van der Waals surface area contributed by atoms with Crippen molar-refractivity contribution in [1.82, 2.24) is 19.4 Å². The largest absolute Gasteiger partial charge is 0.443 e. The molecule has 1 aliphatic heterocycles. The molecule has 1 amide bonds. The van der Waals surface area contributed by atoms with E-state index in [0.717, 1.165) is 18.4 Å². The summed E-state index contributed by atoms with van der Waals surface area (Å²) in [6.07, 6.45) is 6.56. The molecule has 0 bridgehead atoms. The SMILES string of the molecule is O=C(Cn1cccnc1=O)N1CCC[C@@H]1c1ncc(Cc2cccc(F)c2)o1. The lowest BCUT2D eigenvalue weighted by molar-refractivity contribution is -0.133. The Morgan fingerprint density at radius 3 is 3.00 bits per heavy atom. The smallest absolute Gasteiger partial charge is 0.347 e. The van der Waals surface area contributed by atoms with E-state index in [1.165, 1.54) is 22.9 Å². The average molecular weight is 382 g/mol. The summed E-state index contributed by atoms with van der Waals surface area (Å²) in [6, 6.07) is 7.68. The van der Waals surface area contributed by atoms with Crippen LogP contribution < -0.4 is 5.69 Å². The second-order valence-electron chi connectivity index (χ2n) is 6.75. The normalized spacial score (nSPS) is 16.5. The Kier molecular flexibility index (Phi) is 5.01. The summed E-state index contributed by atoms with van der Waals surface area (Å²) in [5, 5.41) is 0. The second-order valence-corrected chi connectivity index (χ2v) is 6.75. The van der Waals surface area contributed by atoms with Crippen LogP contribution in [0.1, 0.15) is 36.1 Å². The highest BCUT2D eigenvalue weighted by molar-refractivity contribution is 5.76. The van der Waals surface area contributed by atoms with Crippen LogP contribution in [0.25, 0.3) is 0 Å². The molecule has 3 aromatic rings. The van der Waals surface area contributed by atoms with Crippen LogP contribution in [0.5, 0.6) is 0 Å². The quantitative estimate of drug-likeness (QED) is 0.677. The summed E-state index contributed by atoms with van der Waals surface area (Å²) in [5.41, 5.74) is 0.332. The third-order valence-electron chi connectivity index (χ3n) is 4.79. The molecule has 0 N–H and O–H groups in total. The Morgan fingerprint density at radius 2 is 2.18 bits per heavy atom. The van der Waals surface area contributed by atoms with Crippen molar-refractivity contribution >= 4 is 5.91 Å². The molecule has 0 spiro atoms. The number of amides is 1. The van der Waals surface area contributed by atoms with Gasteiger partial charge in [-0.2, -0.15) is 0 Å². The van der Waals surface area contributed by atoms with Gasteiger partial charge in [-0.15, -0.1) is 0 Å². The standard InChI is InChI=1S/C20H19FN4O3/c21-15-5-1-4-14(10-15)11-16-12-23-19(28-16)17-6-2-9-25(17)18(26)13-24-8-3-7-22-20(24)27/h1,3-5,7-8,10,12,17H,2,6,9,11,13H2/t17-/m1/s1. The van der Waals surface area contributed by atoms with Gasteiger partial charge in [0.2, 0.25) is 11.8 Å². The Morgan fingerprint density at radius 1 is 1.29 bits per heavy atom. The van der Waals surface area contributed by atoms with E-state index in [2.05, 4.69) is 9.97 Å². The third-order valence-corrected chi connectivity index (χ3v) is 4.79. The van der Waals surface area contributed by atoms with E-state index in [4.69, 9.17) is 4.42 Å². The first-order valence-electron chi connectivity index (χ1n) is 9.10. The molecule has 7 nitrogen and oxygen atoms in total. The minimum absolute atomic E-state index is 0.0694. The molecule has 28 heavy (non-hydrogen) atoms. The van der Waals surface area contributed by atoms with Gasteiger partial charge in [-0.25, -0.2) is 19.2 Å². The van der Waals surface area contributed by atoms with Crippen molar-refractivity contribution < 1.29 is 13.6 Å². The maximum Gasteiger partial charge on any atom is 0.347 e. The topological polar surface area (TPSA) is 81.2 Å². The lowest BCUT2D eigenvalue weighted by atomic mass is 10.1. The summed E-state index contributed by atoms with van der Waals surface area (Å²) >= 11 is 0. The zero-order chi connectivity index (χ0) is 19.5. The first-order chi connectivity index (χ1) is 13.6. The van der Waals surface area contributed by atoms with Crippen LogP contribution in [0.2, 0.25) is 0 Å². The van der Waals surface area contributed by atoms with Gasteiger partial charge < -0.3 is 9.32 Å². The van der Waals surface area contributed by atoms with Crippen molar-refractivity contribution in [3.05, 3.63) is 82.4 Å². The maximum atomic E-state index is 13.3. The van der Waals surface area contributed by atoms with Crippen LogP contribution in [0.4, 0.5) is 4.39 Å². The molecule has 1 fully saturated rings. The number of hydrogen-bond acceptors (Lipinski definition) is 5. The minimum Gasteiger partial charge on any atom is -0.443 e. The maximum absolute atomic E-state index is 13.3. The minimum atomic E-state index is -0.458. The van der Waals surface area contributed by atoms with Crippen molar-refractivity contribution in [2.45, 2.75) is 31.8 Å². The lowest BCUT2D eigenvalue weighted by Crippen LogP contribution is -2.36. The highest BCUT2D eigenvalue weighted by Crippen LogP contribution is 2.32. The van der Waals surface area contributed by atoms with Gasteiger partial charge in [0, 0.05) is 25.4 Å². The van der Waals surface area contributed by atoms with E-state index in [-0.39, 0.29) is 24.3 Å². The summed E-state index contributed by atoms with van der Waals surface area (Å²) in [7, 11) is 0. The highest BCUT2D eigenvalue weighted by atomic mass is 19.1. The summed E-state index contributed by atoms with van der Waals surface area (Å²) in [6.45, 7) is 0.514. The number of halogens is 1. The number of carbonyl (C=O) groups excluding carboxylic acids is 1. The molecule has 2 aromatic heterocycles. The molecule has 0 saturated carbocycles. The molecule has 1 saturated heterocycles. The zero-order valence-corrected chi connectivity index (χ0v) is 15.1. The number of oxazole rings is 1. The molecule has 1 atom stereocenters. The number of benzene rings is 1. The molecule has 144 valence electrons. The van der Waals surface area contributed by atoms with E-state index in [1.54, 1.807) is 29.4 Å². The Bertz CT molecular complexity index is 1050. The Labute approximate surface area is 160 Å². The summed E-state index contributed by atoms with van der Waals surface area (Å²) in [4.78, 5) is 34.2. The zero-order valence-electron chi connectivity index (χ0n) is 15.1. The van der Waals surface area contributed by atoms with Crippen LogP contribution in [0, 0.1) is 5.82 Å². The van der Waals surface area contributed by atoms with Gasteiger partial charge in [0.1, 0.15) is 24.2 Å². The predicted octanol–water partition coefficient (Wildman–Crippen LogP) is 2.32. The molecule has 3 heterocycles.